The Bertz CT molecular complexity index is 641. The average molecular weight is 281 g/mol. The second kappa shape index (κ2) is 5.66. The number of hydrogen-bond acceptors (Lipinski definition) is 3. The zero-order valence-electron chi connectivity index (χ0n) is 10.7. The highest BCUT2D eigenvalue weighted by atomic mass is 19.1. The normalized spacial score (nSPS) is 10.4. The van der Waals surface area contributed by atoms with Gasteiger partial charge < -0.3 is 11.1 Å². The van der Waals surface area contributed by atoms with Crippen LogP contribution >= 0.6 is 0 Å². The van der Waals surface area contributed by atoms with Gasteiger partial charge in [0.2, 0.25) is 0 Å². The summed E-state index contributed by atoms with van der Waals surface area (Å²) in [6.07, 6.45) is 1.52. The van der Waals surface area contributed by atoms with Crippen molar-refractivity contribution in [3.63, 3.8) is 0 Å². The highest BCUT2D eigenvalue weighted by Crippen LogP contribution is 2.17. The molecular weight excluding hydrogens is 268 g/mol. The molecule has 0 unspecified atom stereocenters. The van der Waals surface area contributed by atoms with Crippen molar-refractivity contribution >= 4 is 17.5 Å². The molecule has 0 radical (unpaired) electrons. The van der Waals surface area contributed by atoms with Crippen LogP contribution in [0, 0.1) is 11.6 Å². The molecule has 0 aliphatic carbocycles. The number of anilines is 2. The predicted molar refractivity (Wildman–Crippen MR) is 70.1 cm³/mol. The minimum Gasteiger partial charge on any atom is -0.326 e. The lowest BCUT2D eigenvalue weighted by molar-refractivity contribution is 0.262. The Hall–Kier alpha value is -2.48. The summed E-state index contributed by atoms with van der Waals surface area (Å²) in [6.45, 7) is 0.203. The van der Waals surface area contributed by atoms with Gasteiger partial charge in [-0.15, -0.1) is 0 Å². The van der Waals surface area contributed by atoms with E-state index in [2.05, 4.69) is 15.7 Å². The van der Waals surface area contributed by atoms with E-state index in [9.17, 15) is 13.6 Å². The number of halogens is 2. The molecule has 0 saturated heterocycles. The Kier molecular flexibility index (Phi) is 3.94. The molecule has 0 bridgehead atoms. The van der Waals surface area contributed by atoms with Crippen molar-refractivity contribution in [2.24, 2.45) is 12.8 Å². The van der Waals surface area contributed by atoms with Crippen LogP contribution in [0.25, 0.3) is 0 Å². The molecule has 106 valence electrons. The third kappa shape index (κ3) is 2.91. The van der Waals surface area contributed by atoms with E-state index in [1.165, 1.54) is 10.9 Å². The molecule has 8 heteroatoms. The largest absolute Gasteiger partial charge is 0.326 e. The van der Waals surface area contributed by atoms with Gasteiger partial charge in [-0.05, 0) is 12.1 Å². The van der Waals surface area contributed by atoms with Crippen LogP contribution in [0.5, 0.6) is 0 Å². The Morgan fingerprint density at radius 3 is 2.80 bits per heavy atom. The van der Waals surface area contributed by atoms with Crippen LogP contribution < -0.4 is 16.4 Å². The van der Waals surface area contributed by atoms with Gasteiger partial charge in [0.25, 0.3) is 0 Å². The van der Waals surface area contributed by atoms with Crippen LogP contribution in [0.4, 0.5) is 25.1 Å². The van der Waals surface area contributed by atoms with Gasteiger partial charge in [0.1, 0.15) is 17.5 Å². The summed E-state index contributed by atoms with van der Waals surface area (Å²) in [5.74, 6) is -1.16. The van der Waals surface area contributed by atoms with Gasteiger partial charge in [-0.2, -0.15) is 5.10 Å². The monoisotopic (exact) mass is 281 g/mol. The molecule has 6 nitrogen and oxygen atoms in total. The second-order valence-corrected chi connectivity index (χ2v) is 4.05. The number of hydrogen-bond donors (Lipinski definition) is 3. The number of rotatable bonds is 3. The maximum Gasteiger partial charge on any atom is 0.324 e. The van der Waals surface area contributed by atoms with E-state index in [0.29, 0.717) is 17.4 Å². The molecular formula is C12H13F2N5O. The highest BCUT2D eigenvalue weighted by molar-refractivity contribution is 5.99. The van der Waals surface area contributed by atoms with Crippen LogP contribution in [0.1, 0.15) is 5.56 Å². The van der Waals surface area contributed by atoms with Crippen LogP contribution in [-0.4, -0.2) is 15.8 Å². The van der Waals surface area contributed by atoms with Gasteiger partial charge in [0.05, 0.1) is 11.9 Å². The van der Waals surface area contributed by atoms with Crippen molar-refractivity contribution in [2.45, 2.75) is 6.54 Å². The number of carbonyl (C=O) groups is 1. The summed E-state index contributed by atoms with van der Waals surface area (Å²) in [4.78, 5) is 11.8. The first-order chi connectivity index (χ1) is 9.51. The number of nitrogens with one attached hydrogen (secondary N) is 2. The third-order valence-electron chi connectivity index (χ3n) is 2.65. The lowest BCUT2D eigenvalue weighted by Gasteiger charge is -2.10. The van der Waals surface area contributed by atoms with Crippen molar-refractivity contribution in [3.8, 4) is 0 Å². The molecule has 0 aliphatic rings. The first kappa shape index (κ1) is 13.9. The molecule has 0 saturated carbocycles. The van der Waals surface area contributed by atoms with E-state index in [1.54, 1.807) is 7.05 Å². The molecule has 2 amide bonds. The quantitative estimate of drug-likeness (QED) is 0.802. The Balaban J connectivity index is 2.11. The Labute approximate surface area is 113 Å². The smallest absolute Gasteiger partial charge is 0.324 e. The maximum absolute atomic E-state index is 13.4. The standard InChI is InChI=1S/C12H13F2N5O/c1-19-11(7(5-15)6-16-19)18-12(20)17-10-3-2-8(13)4-9(10)14/h2-4,6H,5,15H2,1H3,(H2,17,18,20). The van der Waals surface area contributed by atoms with Crippen molar-refractivity contribution in [3.05, 3.63) is 41.6 Å². The predicted octanol–water partition coefficient (Wildman–Crippen LogP) is 1.80. The number of aromatic nitrogens is 2. The van der Waals surface area contributed by atoms with E-state index in [1.807, 2.05) is 0 Å². The fourth-order valence-corrected chi connectivity index (χ4v) is 1.65. The number of urea groups is 1. The van der Waals surface area contributed by atoms with Gasteiger partial charge in [-0.3, -0.25) is 10.00 Å². The topological polar surface area (TPSA) is 85.0 Å². The van der Waals surface area contributed by atoms with Gasteiger partial charge in [-0.25, -0.2) is 13.6 Å². The molecule has 0 spiro atoms. The number of nitrogens with two attached hydrogens (primary N) is 1. The molecule has 0 atom stereocenters. The average Bonchev–Trinajstić information content (AvgIpc) is 2.74. The second-order valence-electron chi connectivity index (χ2n) is 4.05. The van der Waals surface area contributed by atoms with E-state index in [0.717, 1.165) is 12.1 Å². The Morgan fingerprint density at radius 1 is 1.40 bits per heavy atom. The minimum absolute atomic E-state index is 0.125. The lowest BCUT2D eigenvalue weighted by Crippen LogP contribution is -2.22. The van der Waals surface area contributed by atoms with E-state index in [-0.39, 0.29) is 12.2 Å². The highest BCUT2D eigenvalue weighted by Gasteiger charge is 2.12. The summed E-state index contributed by atoms with van der Waals surface area (Å²) in [7, 11) is 1.63. The van der Waals surface area contributed by atoms with Gasteiger partial charge in [0.15, 0.2) is 0 Å². The molecule has 4 N–H and O–H groups in total. The van der Waals surface area contributed by atoms with E-state index >= 15 is 0 Å². The summed E-state index contributed by atoms with van der Waals surface area (Å²) < 4.78 is 27.6. The first-order valence-corrected chi connectivity index (χ1v) is 5.75. The Morgan fingerprint density at radius 2 is 2.15 bits per heavy atom. The number of benzene rings is 1. The molecule has 0 fully saturated rings. The number of carbonyl (C=O) groups excluding carboxylic acids is 1. The van der Waals surface area contributed by atoms with Crippen molar-refractivity contribution in [2.75, 3.05) is 10.6 Å². The van der Waals surface area contributed by atoms with Crippen LogP contribution in [0.15, 0.2) is 24.4 Å². The fraction of sp³-hybridized carbons (Fsp3) is 0.167. The third-order valence-corrected chi connectivity index (χ3v) is 2.65. The minimum atomic E-state index is -0.857. The van der Waals surface area contributed by atoms with Crippen LogP contribution in [0.3, 0.4) is 0 Å². The molecule has 20 heavy (non-hydrogen) atoms. The SMILES string of the molecule is Cn1ncc(CN)c1NC(=O)Nc1ccc(F)cc1F. The first-order valence-electron chi connectivity index (χ1n) is 5.75. The molecule has 1 heterocycles. The summed E-state index contributed by atoms with van der Waals surface area (Å²) >= 11 is 0. The van der Waals surface area contributed by atoms with Gasteiger partial charge >= 0.3 is 6.03 Å². The van der Waals surface area contributed by atoms with Crippen molar-refractivity contribution in [1.82, 2.24) is 9.78 Å². The summed E-state index contributed by atoms with van der Waals surface area (Å²) in [5, 5.41) is 8.74. The molecule has 2 aromatic rings. The lowest BCUT2D eigenvalue weighted by atomic mass is 10.3. The molecule has 0 aliphatic heterocycles. The molecule has 2 rings (SSSR count). The number of aryl methyl sites for hydroxylation is 1. The van der Waals surface area contributed by atoms with E-state index < -0.39 is 17.7 Å². The zero-order valence-corrected chi connectivity index (χ0v) is 10.7. The number of nitrogens with zero attached hydrogens (tertiary/aromatic N) is 2. The zero-order chi connectivity index (χ0) is 14.7. The molecule has 1 aromatic carbocycles. The van der Waals surface area contributed by atoms with Crippen LogP contribution in [-0.2, 0) is 13.6 Å². The summed E-state index contributed by atoms with van der Waals surface area (Å²) in [5.41, 5.74) is 6.02. The van der Waals surface area contributed by atoms with Crippen molar-refractivity contribution < 1.29 is 13.6 Å². The van der Waals surface area contributed by atoms with Crippen molar-refractivity contribution in [1.29, 1.82) is 0 Å². The molecule has 1 aromatic heterocycles. The maximum atomic E-state index is 13.4. The van der Waals surface area contributed by atoms with Crippen LogP contribution in [0.2, 0.25) is 0 Å². The summed E-state index contributed by atoms with van der Waals surface area (Å²) in [6, 6.07) is 2.20. The van der Waals surface area contributed by atoms with E-state index in [4.69, 9.17) is 5.73 Å². The van der Waals surface area contributed by atoms with Gasteiger partial charge in [-0.1, -0.05) is 0 Å². The fourth-order valence-electron chi connectivity index (χ4n) is 1.65. The van der Waals surface area contributed by atoms with Gasteiger partial charge in [0, 0.05) is 25.2 Å². The number of amides is 2.